The SMILES string of the molecule is CCNC(=NCc1ccc2ccccc2c1)NCC(C)(O)c1cccs1.I. The van der Waals surface area contributed by atoms with Gasteiger partial charge in [-0.25, -0.2) is 4.99 Å². The van der Waals surface area contributed by atoms with E-state index in [0.717, 1.165) is 17.0 Å². The van der Waals surface area contributed by atoms with Crippen LogP contribution < -0.4 is 10.6 Å². The molecule has 0 saturated carbocycles. The Labute approximate surface area is 181 Å². The fourth-order valence-corrected chi connectivity index (χ4v) is 3.56. The van der Waals surface area contributed by atoms with Crippen LogP contribution in [0.5, 0.6) is 0 Å². The van der Waals surface area contributed by atoms with E-state index in [1.807, 2.05) is 43.5 Å². The third-order valence-electron chi connectivity index (χ3n) is 4.23. The number of guanidine groups is 1. The second-order valence-corrected chi connectivity index (χ2v) is 7.43. The van der Waals surface area contributed by atoms with Gasteiger partial charge < -0.3 is 15.7 Å². The summed E-state index contributed by atoms with van der Waals surface area (Å²) < 4.78 is 0. The molecule has 27 heavy (non-hydrogen) atoms. The third-order valence-corrected chi connectivity index (χ3v) is 5.35. The maximum absolute atomic E-state index is 10.7. The number of aliphatic hydroxyl groups is 1. The van der Waals surface area contributed by atoms with E-state index in [0.29, 0.717) is 19.0 Å². The highest BCUT2D eigenvalue weighted by Crippen LogP contribution is 2.24. The first kappa shape index (κ1) is 21.7. The molecule has 0 aliphatic rings. The number of nitrogens with zero attached hydrogens (tertiary/aromatic N) is 1. The summed E-state index contributed by atoms with van der Waals surface area (Å²) in [6.45, 7) is 5.60. The molecule has 0 amide bonds. The summed E-state index contributed by atoms with van der Waals surface area (Å²) in [5.74, 6) is 0.706. The molecular formula is C21H26IN3OS. The van der Waals surface area contributed by atoms with Crippen molar-refractivity contribution >= 4 is 52.0 Å². The number of hydrogen-bond donors (Lipinski definition) is 3. The van der Waals surface area contributed by atoms with Crippen molar-refractivity contribution in [3.05, 3.63) is 70.4 Å². The Balaban J connectivity index is 0.00000261. The molecule has 0 fully saturated rings. The van der Waals surface area contributed by atoms with Gasteiger partial charge in [0.2, 0.25) is 0 Å². The van der Waals surface area contributed by atoms with Crippen molar-refractivity contribution in [1.82, 2.24) is 10.6 Å². The average Bonchev–Trinajstić information content (AvgIpc) is 3.19. The quantitative estimate of drug-likeness (QED) is 0.269. The van der Waals surface area contributed by atoms with Crippen molar-refractivity contribution in [3.8, 4) is 0 Å². The zero-order chi connectivity index (χ0) is 18.4. The molecule has 0 aliphatic carbocycles. The van der Waals surface area contributed by atoms with E-state index in [1.165, 1.54) is 10.8 Å². The highest BCUT2D eigenvalue weighted by molar-refractivity contribution is 14.0. The lowest BCUT2D eigenvalue weighted by Crippen LogP contribution is -2.44. The van der Waals surface area contributed by atoms with E-state index < -0.39 is 5.60 Å². The Bertz CT molecular complexity index is 878. The lowest BCUT2D eigenvalue weighted by atomic mass is 10.1. The second kappa shape index (κ2) is 10.1. The molecule has 144 valence electrons. The minimum Gasteiger partial charge on any atom is -0.383 e. The van der Waals surface area contributed by atoms with Gasteiger partial charge in [0.05, 0.1) is 13.1 Å². The zero-order valence-corrected chi connectivity index (χ0v) is 18.8. The van der Waals surface area contributed by atoms with Crippen molar-refractivity contribution in [1.29, 1.82) is 0 Å². The van der Waals surface area contributed by atoms with Crippen molar-refractivity contribution in [2.24, 2.45) is 4.99 Å². The van der Waals surface area contributed by atoms with Gasteiger partial charge in [-0.3, -0.25) is 0 Å². The van der Waals surface area contributed by atoms with E-state index in [1.54, 1.807) is 11.3 Å². The molecule has 1 aromatic heterocycles. The van der Waals surface area contributed by atoms with Crippen LogP contribution in [0.25, 0.3) is 10.8 Å². The summed E-state index contributed by atoms with van der Waals surface area (Å²) in [5.41, 5.74) is 0.235. The fraction of sp³-hybridized carbons (Fsp3) is 0.286. The molecular weight excluding hydrogens is 469 g/mol. The molecule has 6 heteroatoms. The molecule has 2 aromatic carbocycles. The molecule has 1 unspecified atom stereocenters. The molecule has 0 saturated heterocycles. The number of halogens is 1. The molecule has 3 rings (SSSR count). The topological polar surface area (TPSA) is 56.7 Å². The molecule has 4 nitrogen and oxygen atoms in total. The van der Waals surface area contributed by atoms with Crippen LogP contribution in [0.15, 0.2) is 65.0 Å². The lowest BCUT2D eigenvalue weighted by Gasteiger charge is -2.23. The van der Waals surface area contributed by atoms with E-state index in [9.17, 15) is 5.11 Å². The lowest BCUT2D eigenvalue weighted by molar-refractivity contribution is 0.0655. The smallest absolute Gasteiger partial charge is 0.191 e. The van der Waals surface area contributed by atoms with Crippen LogP contribution in [0.2, 0.25) is 0 Å². The van der Waals surface area contributed by atoms with Crippen LogP contribution >= 0.6 is 35.3 Å². The third kappa shape index (κ3) is 5.92. The molecule has 1 heterocycles. The second-order valence-electron chi connectivity index (χ2n) is 6.48. The zero-order valence-electron chi connectivity index (χ0n) is 15.6. The Morgan fingerprint density at radius 1 is 1.07 bits per heavy atom. The van der Waals surface area contributed by atoms with Gasteiger partial charge in [0.15, 0.2) is 5.96 Å². The Hall–Kier alpha value is -1.64. The van der Waals surface area contributed by atoms with Gasteiger partial charge >= 0.3 is 0 Å². The number of nitrogens with one attached hydrogen (secondary N) is 2. The van der Waals surface area contributed by atoms with Crippen molar-refractivity contribution in [2.75, 3.05) is 13.1 Å². The minimum absolute atomic E-state index is 0. The number of fused-ring (bicyclic) bond motifs is 1. The summed E-state index contributed by atoms with van der Waals surface area (Å²) in [5, 5.41) is 21.6. The first-order valence-corrected chi connectivity index (χ1v) is 9.72. The van der Waals surface area contributed by atoms with Gasteiger partial charge in [-0.2, -0.15) is 0 Å². The maximum Gasteiger partial charge on any atom is 0.191 e. The minimum atomic E-state index is -0.923. The van der Waals surface area contributed by atoms with Gasteiger partial charge in [-0.05, 0) is 47.7 Å². The first-order chi connectivity index (χ1) is 12.6. The number of thiophene rings is 1. The standard InChI is InChI=1S/C21H25N3OS.HI/c1-3-22-20(24-15-21(2,25)19-9-6-12-26-19)23-14-16-10-11-17-7-4-5-8-18(17)13-16;/h4-13,25H,3,14-15H2,1-2H3,(H2,22,23,24);1H. The number of hydrogen-bond acceptors (Lipinski definition) is 3. The van der Waals surface area contributed by atoms with E-state index in [4.69, 9.17) is 0 Å². The van der Waals surface area contributed by atoms with Crippen LogP contribution in [-0.4, -0.2) is 24.2 Å². The first-order valence-electron chi connectivity index (χ1n) is 8.85. The molecule has 1 atom stereocenters. The summed E-state index contributed by atoms with van der Waals surface area (Å²) in [6, 6.07) is 18.6. The van der Waals surface area contributed by atoms with Gasteiger partial charge in [0.25, 0.3) is 0 Å². The number of rotatable bonds is 6. The predicted octanol–water partition coefficient (Wildman–Crippen LogP) is 4.48. The van der Waals surface area contributed by atoms with Gasteiger partial charge in [-0.1, -0.05) is 42.5 Å². The summed E-state index contributed by atoms with van der Waals surface area (Å²) in [7, 11) is 0. The van der Waals surface area contributed by atoms with Crippen molar-refractivity contribution < 1.29 is 5.11 Å². The van der Waals surface area contributed by atoms with Crippen LogP contribution in [0, 0.1) is 0 Å². The number of aliphatic imine (C=N–C) groups is 1. The van der Waals surface area contributed by atoms with E-state index in [2.05, 4.69) is 46.0 Å². The molecule has 0 bridgehead atoms. The highest BCUT2D eigenvalue weighted by atomic mass is 127. The molecule has 0 spiro atoms. The van der Waals surface area contributed by atoms with Crippen LogP contribution in [0.4, 0.5) is 0 Å². The average molecular weight is 495 g/mol. The molecule has 3 N–H and O–H groups in total. The van der Waals surface area contributed by atoms with E-state index >= 15 is 0 Å². The summed E-state index contributed by atoms with van der Waals surface area (Å²) in [4.78, 5) is 5.60. The van der Waals surface area contributed by atoms with Crippen molar-refractivity contribution in [2.45, 2.75) is 26.0 Å². The Kier molecular flexibility index (Phi) is 8.07. The Morgan fingerprint density at radius 3 is 2.56 bits per heavy atom. The fourth-order valence-electron chi connectivity index (χ4n) is 2.78. The summed E-state index contributed by atoms with van der Waals surface area (Å²) >= 11 is 1.56. The van der Waals surface area contributed by atoms with Gasteiger partial charge in [0, 0.05) is 11.4 Å². The van der Waals surface area contributed by atoms with Crippen molar-refractivity contribution in [3.63, 3.8) is 0 Å². The van der Waals surface area contributed by atoms with Gasteiger partial charge in [-0.15, -0.1) is 35.3 Å². The highest BCUT2D eigenvalue weighted by Gasteiger charge is 2.24. The summed E-state index contributed by atoms with van der Waals surface area (Å²) in [6.07, 6.45) is 0. The van der Waals surface area contributed by atoms with Crippen LogP contribution in [-0.2, 0) is 12.1 Å². The number of benzene rings is 2. The maximum atomic E-state index is 10.7. The predicted molar refractivity (Wildman–Crippen MR) is 126 cm³/mol. The van der Waals surface area contributed by atoms with Crippen LogP contribution in [0.1, 0.15) is 24.3 Å². The Morgan fingerprint density at radius 2 is 1.85 bits per heavy atom. The normalized spacial score (nSPS) is 13.7. The molecule has 0 aliphatic heterocycles. The largest absolute Gasteiger partial charge is 0.383 e. The van der Waals surface area contributed by atoms with Crippen LogP contribution in [0.3, 0.4) is 0 Å². The molecule has 0 radical (unpaired) electrons. The molecule has 3 aromatic rings. The monoisotopic (exact) mass is 495 g/mol. The van der Waals surface area contributed by atoms with Gasteiger partial charge in [0.1, 0.15) is 5.60 Å². The van der Waals surface area contributed by atoms with E-state index in [-0.39, 0.29) is 24.0 Å².